The lowest BCUT2D eigenvalue weighted by Gasteiger charge is -2.15. The molecule has 6 heteroatoms. The second kappa shape index (κ2) is 8.38. The molecule has 0 amide bonds. The summed E-state index contributed by atoms with van der Waals surface area (Å²) in [4.78, 5) is 11.4. The van der Waals surface area contributed by atoms with Crippen LogP contribution in [0, 0.1) is 0 Å². The topological polar surface area (TPSA) is 81.9 Å². The SMILES string of the molecule is O=C(O)c1ccccc1Nc1cccc(C(Cl)c2ccccc2/C=N/O)c1. The first kappa shape index (κ1) is 18.5. The average molecular weight is 381 g/mol. The highest BCUT2D eigenvalue weighted by Crippen LogP contribution is 2.32. The van der Waals surface area contributed by atoms with Crippen molar-refractivity contribution in [2.45, 2.75) is 5.38 Å². The number of anilines is 2. The van der Waals surface area contributed by atoms with Gasteiger partial charge in [-0.15, -0.1) is 11.6 Å². The Kier molecular flexibility index (Phi) is 5.74. The Labute approximate surface area is 161 Å². The molecule has 5 nitrogen and oxygen atoms in total. The second-order valence-corrected chi connectivity index (χ2v) is 6.27. The molecule has 27 heavy (non-hydrogen) atoms. The molecule has 0 aliphatic heterocycles. The first-order valence-electron chi connectivity index (χ1n) is 8.20. The molecule has 0 bridgehead atoms. The molecule has 0 spiro atoms. The lowest BCUT2D eigenvalue weighted by atomic mass is 9.99. The van der Waals surface area contributed by atoms with E-state index in [9.17, 15) is 9.90 Å². The fourth-order valence-corrected chi connectivity index (χ4v) is 3.14. The zero-order chi connectivity index (χ0) is 19.2. The molecule has 3 aromatic carbocycles. The number of oxime groups is 1. The van der Waals surface area contributed by atoms with Crippen LogP contribution in [0.2, 0.25) is 0 Å². The minimum absolute atomic E-state index is 0.190. The molecule has 0 heterocycles. The van der Waals surface area contributed by atoms with Crippen molar-refractivity contribution in [2.24, 2.45) is 5.16 Å². The third-order valence-corrected chi connectivity index (χ3v) is 4.57. The van der Waals surface area contributed by atoms with Gasteiger partial charge in [-0.3, -0.25) is 0 Å². The van der Waals surface area contributed by atoms with Crippen molar-refractivity contribution in [1.29, 1.82) is 0 Å². The number of carbonyl (C=O) groups is 1. The predicted octanol–water partition coefficient (Wildman–Crippen LogP) is 5.26. The molecule has 0 fully saturated rings. The van der Waals surface area contributed by atoms with E-state index in [0.29, 0.717) is 5.69 Å². The van der Waals surface area contributed by atoms with Crippen molar-refractivity contribution < 1.29 is 15.1 Å². The minimum atomic E-state index is -0.998. The monoisotopic (exact) mass is 380 g/mol. The fourth-order valence-electron chi connectivity index (χ4n) is 2.81. The van der Waals surface area contributed by atoms with E-state index in [0.717, 1.165) is 22.4 Å². The van der Waals surface area contributed by atoms with Crippen LogP contribution in [0.3, 0.4) is 0 Å². The number of alkyl halides is 1. The Morgan fingerprint density at radius 1 is 1.04 bits per heavy atom. The smallest absolute Gasteiger partial charge is 0.337 e. The van der Waals surface area contributed by atoms with Gasteiger partial charge in [0, 0.05) is 11.3 Å². The van der Waals surface area contributed by atoms with Crippen molar-refractivity contribution in [3.63, 3.8) is 0 Å². The summed E-state index contributed by atoms with van der Waals surface area (Å²) < 4.78 is 0. The molecule has 3 rings (SSSR count). The molecule has 0 saturated heterocycles. The van der Waals surface area contributed by atoms with E-state index in [-0.39, 0.29) is 5.56 Å². The van der Waals surface area contributed by atoms with Crippen molar-refractivity contribution >= 4 is 35.2 Å². The number of para-hydroxylation sites is 1. The van der Waals surface area contributed by atoms with Gasteiger partial charge in [0.1, 0.15) is 0 Å². The zero-order valence-corrected chi connectivity index (χ0v) is 15.0. The maximum absolute atomic E-state index is 11.4. The summed E-state index contributed by atoms with van der Waals surface area (Å²) in [5.41, 5.74) is 3.76. The van der Waals surface area contributed by atoms with Gasteiger partial charge in [-0.25, -0.2) is 4.79 Å². The van der Waals surface area contributed by atoms with E-state index in [4.69, 9.17) is 16.8 Å². The number of carboxylic acid groups (broad SMARTS) is 1. The molecule has 0 aliphatic rings. The van der Waals surface area contributed by atoms with Gasteiger partial charge < -0.3 is 15.6 Å². The molecular formula is C21H17ClN2O3. The van der Waals surface area contributed by atoms with E-state index in [2.05, 4.69) is 10.5 Å². The van der Waals surface area contributed by atoms with Crippen molar-refractivity contribution in [2.75, 3.05) is 5.32 Å². The molecule has 1 atom stereocenters. The van der Waals surface area contributed by atoms with Crippen molar-refractivity contribution in [1.82, 2.24) is 0 Å². The quantitative estimate of drug-likeness (QED) is 0.235. The highest BCUT2D eigenvalue weighted by molar-refractivity contribution is 6.23. The van der Waals surface area contributed by atoms with E-state index < -0.39 is 11.3 Å². The van der Waals surface area contributed by atoms with Gasteiger partial charge in [-0.1, -0.05) is 53.7 Å². The van der Waals surface area contributed by atoms with Crippen LogP contribution >= 0.6 is 11.6 Å². The van der Waals surface area contributed by atoms with Crippen LogP contribution in [0.1, 0.15) is 32.4 Å². The number of halogens is 1. The summed E-state index contributed by atoms with van der Waals surface area (Å²) in [6.45, 7) is 0. The molecule has 0 saturated carbocycles. The van der Waals surface area contributed by atoms with E-state index >= 15 is 0 Å². The van der Waals surface area contributed by atoms with Crippen LogP contribution in [0.5, 0.6) is 0 Å². The van der Waals surface area contributed by atoms with Gasteiger partial charge in [-0.2, -0.15) is 0 Å². The highest BCUT2D eigenvalue weighted by atomic mass is 35.5. The van der Waals surface area contributed by atoms with Crippen molar-refractivity contribution in [3.05, 3.63) is 95.1 Å². The summed E-state index contributed by atoms with van der Waals surface area (Å²) in [6, 6.07) is 21.5. The number of aromatic carboxylic acids is 1. The summed E-state index contributed by atoms with van der Waals surface area (Å²) >= 11 is 6.66. The van der Waals surface area contributed by atoms with Crippen LogP contribution in [-0.4, -0.2) is 22.5 Å². The Morgan fingerprint density at radius 2 is 1.78 bits per heavy atom. The van der Waals surface area contributed by atoms with E-state index in [1.807, 2.05) is 48.5 Å². The Morgan fingerprint density at radius 3 is 2.56 bits per heavy atom. The largest absolute Gasteiger partial charge is 0.478 e. The summed E-state index contributed by atoms with van der Waals surface area (Å²) in [5, 5.41) is 23.9. The van der Waals surface area contributed by atoms with Crippen LogP contribution in [0.15, 0.2) is 78.0 Å². The van der Waals surface area contributed by atoms with E-state index in [1.165, 1.54) is 6.21 Å². The molecule has 3 N–H and O–H groups in total. The van der Waals surface area contributed by atoms with Crippen LogP contribution in [0.25, 0.3) is 0 Å². The first-order valence-corrected chi connectivity index (χ1v) is 8.63. The maximum atomic E-state index is 11.4. The lowest BCUT2D eigenvalue weighted by molar-refractivity contribution is 0.0698. The minimum Gasteiger partial charge on any atom is -0.478 e. The zero-order valence-electron chi connectivity index (χ0n) is 14.2. The van der Waals surface area contributed by atoms with E-state index in [1.54, 1.807) is 24.3 Å². The number of hydrogen-bond acceptors (Lipinski definition) is 4. The Bertz CT molecular complexity index is 988. The summed E-state index contributed by atoms with van der Waals surface area (Å²) in [5.74, 6) is -0.998. The Balaban J connectivity index is 1.92. The number of nitrogens with one attached hydrogen (secondary N) is 1. The number of nitrogens with zero attached hydrogens (tertiary/aromatic N) is 1. The molecule has 0 radical (unpaired) electrons. The summed E-state index contributed by atoms with van der Waals surface area (Å²) in [7, 11) is 0. The van der Waals surface area contributed by atoms with Gasteiger partial charge in [0.15, 0.2) is 0 Å². The van der Waals surface area contributed by atoms with Gasteiger partial charge in [0.25, 0.3) is 0 Å². The van der Waals surface area contributed by atoms with Crippen LogP contribution in [0.4, 0.5) is 11.4 Å². The lowest BCUT2D eigenvalue weighted by Crippen LogP contribution is -2.03. The number of rotatable bonds is 6. The Hall–Kier alpha value is -3.31. The molecular weight excluding hydrogens is 364 g/mol. The van der Waals surface area contributed by atoms with Crippen LogP contribution < -0.4 is 5.32 Å². The highest BCUT2D eigenvalue weighted by Gasteiger charge is 2.15. The first-order chi connectivity index (χ1) is 13.1. The molecule has 1 unspecified atom stereocenters. The third-order valence-electron chi connectivity index (χ3n) is 4.08. The number of benzene rings is 3. The standard InChI is InChI=1S/C21H17ClN2O3/c22-20(17-9-2-1-6-15(17)13-23-27)14-7-5-8-16(12-14)24-19-11-4-3-10-18(19)21(25)26/h1-13,20,24,27H,(H,25,26)/b23-13+. The number of carboxylic acids is 1. The number of hydrogen-bond donors (Lipinski definition) is 3. The van der Waals surface area contributed by atoms with Crippen LogP contribution in [-0.2, 0) is 0 Å². The van der Waals surface area contributed by atoms with Gasteiger partial charge in [0.05, 0.1) is 22.8 Å². The van der Waals surface area contributed by atoms with Gasteiger partial charge in [-0.05, 0) is 35.4 Å². The summed E-state index contributed by atoms with van der Waals surface area (Å²) in [6.07, 6.45) is 1.34. The molecule has 136 valence electrons. The molecule has 3 aromatic rings. The third kappa shape index (κ3) is 4.27. The van der Waals surface area contributed by atoms with Gasteiger partial charge >= 0.3 is 5.97 Å². The average Bonchev–Trinajstić information content (AvgIpc) is 2.68. The van der Waals surface area contributed by atoms with Gasteiger partial charge in [0.2, 0.25) is 0 Å². The predicted molar refractivity (Wildman–Crippen MR) is 107 cm³/mol. The fraction of sp³-hybridized carbons (Fsp3) is 0.0476. The molecule has 0 aliphatic carbocycles. The second-order valence-electron chi connectivity index (χ2n) is 5.84. The van der Waals surface area contributed by atoms with Crippen molar-refractivity contribution in [3.8, 4) is 0 Å². The normalized spacial score (nSPS) is 12.0. The maximum Gasteiger partial charge on any atom is 0.337 e. The molecule has 0 aromatic heterocycles.